The minimum Gasteiger partial charge on any atom is -0.492 e. The van der Waals surface area contributed by atoms with Crippen LogP contribution >= 0.6 is 15.9 Å². The third-order valence-corrected chi connectivity index (χ3v) is 5.44. The zero-order valence-electron chi connectivity index (χ0n) is 15.2. The van der Waals surface area contributed by atoms with Gasteiger partial charge in [0, 0.05) is 28.8 Å². The van der Waals surface area contributed by atoms with Crippen LogP contribution in [0.1, 0.15) is 52.6 Å². The Morgan fingerprint density at radius 1 is 1.44 bits per heavy atom. The molecule has 2 aromatic rings. The van der Waals surface area contributed by atoms with E-state index in [0.717, 1.165) is 10.0 Å². The highest BCUT2D eigenvalue weighted by Gasteiger charge is 2.31. The number of aromatic nitrogens is 1. The third-order valence-electron chi connectivity index (χ3n) is 4.73. The van der Waals surface area contributed by atoms with Gasteiger partial charge in [-0.2, -0.15) is 5.26 Å². The molecule has 0 saturated carbocycles. The maximum Gasteiger partial charge on any atom is 0.254 e. The van der Waals surface area contributed by atoms with Crippen LogP contribution in [0, 0.1) is 11.3 Å². The van der Waals surface area contributed by atoms with Crippen LogP contribution in [0.3, 0.4) is 0 Å². The quantitative estimate of drug-likeness (QED) is 0.786. The van der Waals surface area contributed by atoms with Crippen molar-refractivity contribution in [3.8, 4) is 11.8 Å². The Kier molecular flexibility index (Phi) is 5.78. The molecule has 0 fully saturated rings. The maximum atomic E-state index is 13.1. The molecule has 1 aliphatic heterocycles. The summed E-state index contributed by atoms with van der Waals surface area (Å²) in [6, 6.07) is 7.13. The Bertz CT molecular complexity index is 923. The average molecular weight is 430 g/mol. The van der Waals surface area contributed by atoms with Gasteiger partial charge in [0.05, 0.1) is 24.9 Å². The molecule has 1 aromatic carbocycles. The van der Waals surface area contributed by atoms with Crippen LogP contribution in [-0.2, 0) is 13.0 Å². The number of nitriles is 1. The normalized spacial score (nSPS) is 14.5. The number of benzene rings is 1. The molecule has 0 radical (unpaired) electrons. The second-order valence-corrected chi connectivity index (χ2v) is 7.19. The van der Waals surface area contributed by atoms with Crippen LogP contribution in [0.2, 0.25) is 0 Å². The molecule has 3 rings (SSSR count). The van der Waals surface area contributed by atoms with E-state index in [4.69, 9.17) is 4.74 Å². The monoisotopic (exact) mass is 429 g/mol. The third kappa shape index (κ3) is 3.68. The van der Waals surface area contributed by atoms with E-state index in [1.165, 1.54) is 6.20 Å². The summed E-state index contributed by atoms with van der Waals surface area (Å²) in [5, 5.41) is 18.6. The highest BCUT2D eigenvalue weighted by molar-refractivity contribution is 9.10. The van der Waals surface area contributed by atoms with Crippen molar-refractivity contribution in [2.45, 2.75) is 32.9 Å². The van der Waals surface area contributed by atoms with Gasteiger partial charge in [0.1, 0.15) is 17.4 Å². The predicted octanol–water partition coefficient (Wildman–Crippen LogP) is 3.37. The lowest BCUT2D eigenvalue weighted by atomic mass is 9.95. The number of hydrogen-bond donors (Lipinski definition) is 1. The first-order valence-electron chi connectivity index (χ1n) is 8.76. The van der Waals surface area contributed by atoms with Gasteiger partial charge in [-0.1, -0.05) is 15.9 Å². The van der Waals surface area contributed by atoms with E-state index in [9.17, 15) is 15.2 Å². The molecule has 7 heteroatoms. The molecular weight excluding hydrogens is 410 g/mol. The number of carbonyl (C=O) groups excluding carboxylic acids is 1. The standard InChI is InChI=1S/C20H20BrN3O3/c1-3-27-19-8-18(23-10-14(19)9-22)12(2)24-5-4-15-16(20(24)26)6-13(11-25)7-17(15)21/h6-8,10,12,25H,3-5,11H2,1-2H3. The smallest absolute Gasteiger partial charge is 0.254 e. The summed E-state index contributed by atoms with van der Waals surface area (Å²) in [6.45, 7) is 4.66. The number of halogens is 1. The van der Waals surface area contributed by atoms with Crippen LogP contribution in [0.25, 0.3) is 0 Å². The summed E-state index contributed by atoms with van der Waals surface area (Å²) >= 11 is 3.50. The minimum absolute atomic E-state index is 0.0936. The number of nitrogens with zero attached hydrogens (tertiary/aromatic N) is 3. The van der Waals surface area contributed by atoms with Gasteiger partial charge in [0.2, 0.25) is 0 Å². The summed E-state index contributed by atoms with van der Waals surface area (Å²) in [5.74, 6) is 0.385. The Morgan fingerprint density at radius 2 is 2.22 bits per heavy atom. The van der Waals surface area contributed by atoms with Crippen LogP contribution in [0.5, 0.6) is 5.75 Å². The fourth-order valence-electron chi connectivity index (χ4n) is 3.29. The summed E-state index contributed by atoms with van der Waals surface area (Å²) in [5.41, 5.74) is 3.30. The topological polar surface area (TPSA) is 86.5 Å². The highest BCUT2D eigenvalue weighted by atomic mass is 79.9. The molecule has 0 spiro atoms. The summed E-state index contributed by atoms with van der Waals surface area (Å²) < 4.78 is 6.38. The lowest BCUT2D eigenvalue weighted by Crippen LogP contribution is -2.40. The number of aliphatic hydroxyl groups excluding tert-OH is 1. The minimum atomic E-state index is -0.269. The lowest BCUT2D eigenvalue weighted by Gasteiger charge is -2.34. The van der Waals surface area contributed by atoms with E-state index in [0.29, 0.717) is 47.7 Å². The fraction of sp³-hybridized carbons (Fsp3) is 0.350. The molecule has 1 amide bonds. The molecule has 1 aliphatic rings. The number of fused-ring (bicyclic) bond motifs is 1. The van der Waals surface area contributed by atoms with Crippen molar-refractivity contribution in [2.24, 2.45) is 0 Å². The van der Waals surface area contributed by atoms with E-state index in [1.807, 2.05) is 19.9 Å². The largest absolute Gasteiger partial charge is 0.492 e. The van der Waals surface area contributed by atoms with Gasteiger partial charge in [0.25, 0.3) is 5.91 Å². The Morgan fingerprint density at radius 3 is 2.89 bits per heavy atom. The second-order valence-electron chi connectivity index (χ2n) is 6.34. The van der Waals surface area contributed by atoms with Crippen molar-refractivity contribution < 1.29 is 14.6 Å². The lowest BCUT2D eigenvalue weighted by molar-refractivity contribution is 0.0668. The summed E-state index contributed by atoms with van der Waals surface area (Å²) in [4.78, 5) is 19.2. The van der Waals surface area contributed by atoms with Crippen molar-refractivity contribution >= 4 is 21.8 Å². The molecule has 1 N–H and O–H groups in total. The number of aliphatic hydroxyl groups is 1. The molecule has 2 heterocycles. The Labute approximate surface area is 166 Å². The molecule has 0 saturated heterocycles. The van der Waals surface area contributed by atoms with Crippen molar-refractivity contribution in [1.29, 1.82) is 5.26 Å². The molecule has 1 atom stereocenters. The van der Waals surface area contributed by atoms with E-state index < -0.39 is 0 Å². The highest BCUT2D eigenvalue weighted by Crippen LogP contribution is 2.33. The number of pyridine rings is 1. The SMILES string of the molecule is CCOc1cc(C(C)N2CCc3c(Br)cc(CO)cc3C2=O)ncc1C#N. The molecule has 0 aliphatic carbocycles. The molecule has 140 valence electrons. The van der Waals surface area contributed by atoms with Gasteiger partial charge in [-0.15, -0.1) is 0 Å². The average Bonchev–Trinajstić information content (AvgIpc) is 2.68. The van der Waals surface area contributed by atoms with Crippen molar-refractivity contribution in [1.82, 2.24) is 9.88 Å². The summed E-state index contributed by atoms with van der Waals surface area (Å²) in [6.07, 6.45) is 2.20. The maximum absolute atomic E-state index is 13.1. The van der Waals surface area contributed by atoms with E-state index in [-0.39, 0.29) is 18.6 Å². The van der Waals surface area contributed by atoms with Gasteiger partial charge < -0.3 is 14.7 Å². The Hall–Kier alpha value is -2.43. The summed E-state index contributed by atoms with van der Waals surface area (Å²) in [7, 11) is 0. The Balaban J connectivity index is 1.94. The molecule has 1 unspecified atom stereocenters. The first-order chi connectivity index (χ1) is 13.0. The van der Waals surface area contributed by atoms with Crippen LogP contribution < -0.4 is 4.74 Å². The number of carbonyl (C=O) groups is 1. The fourth-order valence-corrected chi connectivity index (χ4v) is 3.99. The molecule has 27 heavy (non-hydrogen) atoms. The first kappa shape index (κ1) is 19.3. The molecular formula is C20H20BrN3O3. The molecule has 1 aromatic heterocycles. The van der Waals surface area contributed by atoms with Crippen LogP contribution in [-0.4, -0.2) is 34.0 Å². The zero-order valence-corrected chi connectivity index (χ0v) is 16.8. The van der Waals surface area contributed by atoms with Crippen molar-refractivity contribution in [3.63, 3.8) is 0 Å². The first-order valence-corrected chi connectivity index (χ1v) is 9.55. The predicted molar refractivity (Wildman–Crippen MR) is 103 cm³/mol. The van der Waals surface area contributed by atoms with Gasteiger partial charge in [-0.3, -0.25) is 9.78 Å². The van der Waals surface area contributed by atoms with Gasteiger partial charge >= 0.3 is 0 Å². The van der Waals surface area contributed by atoms with Gasteiger partial charge in [-0.25, -0.2) is 0 Å². The number of hydrogen-bond acceptors (Lipinski definition) is 5. The number of amides is 1. The van der Waals surface area contributed by atoms with Crippen LogP contribution in [0.15, 0.2) is 28.9 Å². The van der Waals surface area contributed by atoms with Gasteiger partial charge in [-0.05, 0) is 43.5 Å². The molecule has 0 bridgehead atoms. The van der Waals surface area contributed by atoms with Crippen molar-refractivity contribution in [3.05, 3.63) is 56.8 Å². The van der Waals surface area contributed by atoms with E-state index in [1.54, 1.807) is 17.0 Å². The number of rotatable bonds is 5. The molecule has 6 nitrogen and oxygen atoms in total. The van der Waals surface area contributed by atoms with E-state index in [2.05, 4.69) is 27.0 Å². The zero-order chi connectivity index (χ0) is 19.6. The van der Waals surface area contributed by atoms with E-state index >= 15 is 0 Å². The van der Waals surface area contributed by atoms with Gasteiger partial charge in [0.15, 0.2) is 0 Å². The number of ether oxygens (including phenoxy) is 1. The van der Waals surface area contributed by atoms with Crippen molar-refractivity contribution in [2.75, 3.05) is 13.2 Å². The second kappa shape index (κ2) is 8.07. The van der Waals surface area contributed by atoms with Crippen LogP contribution in [0.4, 0.5) is 0 Å².